The van der Waals surface area contributed by atoms with Gasteiger partial charge in [0.05, 0.1) is 0 Å². The number of cyclic esters (lactones) is 1. The van der Waals surface area contributed by atoms with Crippen LogP contribution in [0.25, 0.3) is 0 Å². The Morgan fingerprint density at radius 2 is 1.87 bits per heavy atom. The van der Waals surface area contributed by atoms with Crippen molar-refractivity contribution >= 4 is 17.8 Å². The molecule has 1 aliphatic heterocycles. The summed E-state index contributed by atoms with van der Waals surface area (Å²) >= 11 is 0. The van der Waals surface area contributed by atoms with E-state index in [0.29, 0.717) is 17.7 Å². The molecule has 23 heavy (non-hydrogen) atoms. The summed E-state index contributed by atoms with van der Waals surface area (Å²) in [6.45, 7) is -1.32. The van der Waals surface area contributed by atoms with E-state index in [0.717, 1.165) is 44.9 Å². The minimum absolute atomic E-state index is 0.220. The van der Waals surface area contributed by atoms with Gasteiger partial charge in [0.25, 0.3) is 0 Å². The monoisotopic (exact) mass is 328 g/mol. The van der Waals surface area contributed by atoms with Crippen molar-refractivity contribution in [1.82, 2.24) is 4.90 Å². The Labute approximate surface area is 143 Å². The largest absolute Gasteiger partial charge is 0.461 e. The van der Waals surface area contributed by atoms with Crippen LogP contribution in [0.4, 0.5) is 0 Å². The van der Waals surface area contributed by atoms with Crippen molar-refractivity contribution in [2.75, 3.05) is 13.5 Å². The number of esters is 1. The van der Waals surface area contributed by atoms with E-state index in [2.05, 4.69) is 4.99 Å². The summed E-state index contributed by atoms with van der Waals surface area (Å²) in [6, 6.07) is 0. The predicted octanol–water partition coefficient (Wildman–Crippen LogP) is 2.61. The lowest BCUT2D eigenvalue weighted by Gasteiger charge is -2.20. The van der Waals surface area contributed by atoms with Gasteiger partial charge < -0.3 is 15.4 Å². The van der Waals surface area contributed by atoms with Crippen LogP contribution in [-0.2, 0) is 14.3 Å². The molecule has 6 nitrogen and oxygen atoms in total. The van der Waals surface area contributed by atoms with Crippen molar-refractivity contribution in [2.45, 2.75) is 77.2 Å². The lowest BCUT2D eigenvalue weighted by atomic mass is 10.0. The second-order valence-corrected chi connectivity index (χ2v) is 5.98. The van der Waals surface area contributed by atoms with Gasteiger partial charge in [0, 0.05) is 17.5 Å². The van der Waals surface area contributed by atoms with Gasteiger partial charge in [-0.15, -0.1) is 0 Å². The molecule has 1 atom stereocenters. The number of likely N-dealkylation sites (N-methyl/N-ethyl adjacent to an activating group) is 1. The highest BCUT2D eigenvalue weighted by Gasteiger charge is 2.16. The maximum Gasteiger partial charge on any atom is 0.325 e. The third-order valence-corrected chi connectivity index (χ3v) is 3.97. The second kappa shape index (κ2) is 11.0. The second-order valence-electron chi connectivity index (χ2n) is 5.98. The Bertz CT molecular complexity index is 495. The van der Waals surface area contributed by atoms with Crippen molar-refractivity contribution in [1.29, 1.82) is 0 Å². The Morgan fingerprint density at radius 1 is 1.22 bits per heavy atom. The van der Waals surface area contributed by atoms with E-state index in [9.17, 15) is 9.59 Å². The van der Waals surface area contributed by atoms with Crippen LogP contribution in [0.15, 0.2) is 4.99 Å². The molecule has 6 heteroatoms. The number of nitrogens with two attached hydrogens (primary N) is 1. The fourth-order valence-corrected chi connectivity index (χ4v) is 2.56. The van der Waals surface area contributed by atoms with Gasteiger partial charge in [-0.2, -0.15) is 4.99 Å². The van der Waals surface area contributed by atoms with E-state index in [1.54, 1.807) is 0 Å². The lowest BCUT2D eigenvalue weighted by molar-refractivity contribution is -0.149. The number of nitrogens with zero attached hydrogens (tertiary/aromatic N) is 2. The SMILES string of the molecule is [2H]C([2H])([2H])N1CC(=O)OC(CC)CCCCCCCCCC(=O)N=C1N. The maximum absolute atomic E-state index is 12.2. The van der Waals surface area contributed by atoms with Gasteiger partial charge in [-0.25, -0.2) is 0 Å². The van der Waals surface area contributed by atoms with Crippen LogP contribution in [0.3, 0.4) is 0 Å². The fraction of sp³-hybridized carbons (Fsp3) is 0.824. The van der Waals surface area contributed by atoms with Gasteiger partial charge in [0.15, 0.2) is 5.96 Å². The van der Waals surface area contributed by atoms with Gasteiger partial charge in [-0.05, 0) is 25.7 Å². The highest BCUT2D eigenvalue weighted by atomic mass is 16.5. The summed E-state index contributed by atoms with van der Waals surface area (Å²) in [6.07, 6.45) is 8.38. The predicted molar refractivity (Wildman–Crippen MR) is 91.0 cm³/mol. The van der Waals surface area contributed by atoms with E-state index in [1.807, 2.05) is 6.92 Å². The molecule has 0 aromatic heterocycles. The number of guanidine groups is 1. The van der Waals surface area contributed by atoms with Crippen molar-refractivity contribution in [3.63, 3.8) is 0 Å². The molecule has 0 saturated heterocycles. The van der Waals surface area contributed by atoms with Crippen LogP contribution in [0, 0.1) is 0 Å². The van der Waals surface area contributed by atoms with Crippen molar-refractivity contribution < 1.29 is 18.4 Å². The zero-order valence-corrected chi connectivity index (χ0v) is 14.1. The minimum atomic E-state index is -2.68. The van der Waals surface area contributed by atoms with Crippen LogP contribution in [0.2, 0.25) is 0 Å². The Kier molecular flexibility index (Phi) is 7.17. The van der Waals surface area contributed by atoms with Crippen LogP contribution in [0.1, 0.15) is 75.2 Å². The molecule has 0 aliphatic carbocycles. The number of ether oxygens (including phenoxy) is 1. The third kappa shape index (κ3) is 8.57. The summed E-state index contributed by atoms with van der Waals surface area (Å²) in [7, 11) is 0. The van der Waals surface area contributed by atoms with E-state index in [1.165, 1.54) is 0 Å². The molecule has 0 spiro atoms. The van der Waals surface area contributed by atoms with Gasteiger partial charge in [-0.3, -0.25) is 9.59 Å². The molecule has 1 heterocycles. The highest BCUT2D eigenvalue weighted by Crippen LogP contribution is 2.14. The maximum atomic E-state index is 12.2. The average molecular weight is 328 g/mol. The number of carbonyl (C=O) groups excluding carboxylic acids is 2. The smallest absolute Gasteiger partial charge is 0.325 e. The highest BCUT2D eigenvalue weighted by molar-refractivity contribution is 5.93. The fourth-order valence-electron chi connectivity index (χ4n) is 2.56. The number of hydrogen-bond acceptors (Lipinski definition) is 5. The molecule has 0 aromatic rings. The van der Waals surface area contributed by atoms with Crippen LogP contribution in [0.5, 0.6) is 0 Å². The number of hydrogen-bond donors (Lipinski definition) is 1. The molecule has 2 N–H and O–H groups in total. The lowest BCUT2D eigenvalue weighted by Crippen LogP contribution is -2.39. The van der Waals surface area contributed by atoms with E-state index >= 15 is 0 Å². The molecule has 1 amide bonds. The quantitative estimate of drug-likeness (QED) is 0.748. The Hall–Kier alpha value is -1.59. The Balaban J connectivity index is 2.89. The molecule has 0 radical (unpaired) electrons. The molecular formula is C17H31N3O3. The van der Waals surface area contributed by atoms with Crippen molar-refractivity contribution in [3.8, 4) is 0 Å². The molecule has 1 rings (SSSR count). The molecule has 1 aliphatic rings. The summed E-state index contributed by atoms with van der Waals surface area (Å²) in [5.74, 6) is -1.62. The molecule has 0 bridgehead atoms. The Morgan fingerprint density at radius 3 is 2.52 bits per heavy atom. The average Bonchev–Trinajstić information content (AvgIpc) is 2.55. The van der Waals surface area contributed by atoms with E-state index in [-0.39, 0.29) is 12.5 Å². The number of amides is 1. The molecule has 0 saturated carbocycles. The van der Waals surface area contributed by atoms with Crippen LogP contribution >= 0.6 is 0 Å². The number of aliphatic imine (C=N–C) groups is 1. The van der Waals surface area contributed by atoms with Crippen LogP contribution < -0.4 is 5.73 Å². The topological polar surface area (TPSA) is 85.0 Å². The first-order valence-corrected chi connectivity index (χ1v) is 8.58. The summed E-state index contributed by atoms with van der Waals surface area (Å²) in [4.78, 5) is 28.4. The first-order chi connectivity index (χ1) is 12.2. The standard InChI is InChI=1S/C17H31N3O3/c1-3-14-11-9-7-5-4-6-8-10-12-15(21)19-17(18)20(2)13-16(22)23-14/h14H,3-13H2,1-2H3,(H2,18,19,21)/i2D3. The first kappa shape index (κ1) is 15.0. The molecule has 0 aromatic carbocycles. The van der Waals surface area contributed by atoms with Crippen molar-refractivity contribution in [2.24, 2.45) is 10.7 Å². The van der Waals surface area contributed by atoms with E-state index in [4.69, 9.17) is 14.6 Å². The first-order valence-electron chi connectivity index (χ1n) is 10.1. The van der Waals surface area contributed by atoms with Crippen molar-refractivity contribution in [3.05, 3.63) is 0 Å². The summed E-state index contributed by atoms with van der Waals surface area (Å²) < 4.78 is 28.1. The van der Waals surface area contributed by atoms with Gasteiger partial charge in [-0.1, -0.05) is 39.0 Å². The van der Waals surface area contributed by atoms with Gasteiger partial charge >= 0.3 is 5.97 Å². The molecular weight excluding hydrogens is 294 g/mol. The number of rotatable bonds is 1. The molecule has 132 valence electrons. The zero-order chi connectivity index (χ0) is 19.6. The normalized spacial score (nSPS) is 26.3. The number of carbonyl (C=O) groups is 2. The molecule has 0 fully saturated rings. The summed E-state index contributed by atoms with van der Waals surface area (Å²) in [5.41, 5.74) is 5.70. The third-order valence-electron chi connectivity index (χ3n) is 3.97. The minimum Gasteiger partial charge on any atom is -0.461 e. The van der Waals surface area contributed by atoms with Crippen LogP contribution in [-0.4, -0.2) is 42.4 Å². The van der Waals surface area contributed by atoms with Gasteiger partial charge in [0.1, 0.15) is 12.6 Å². The summed E-state index contributed by atoms with van der Waals surface area (Å²) in [5, 5.41) is 0. The van der Waals surface area contributed by atoms with E-state index < -0.39 is 31.4 Å². The van der Waals surface area contributed by atoms with Gasteiger partial charge in [0.2, 0.25) is 5.91 Å². The zero-order valence-electron chi connectivity index (χ0n) is 17.1. The molecule has 1 unspecified atom stereocenters.